The molecule has 1 atom stereocenters. The van der Waals surface area contributed by atoms with E-state index in [-0.39, 0.29) is 13.0 Å². The zero-order valence-electron chi connectivity index (χ0n) is 14.9. The van der Waals surface area contributed by atoms with Crippen LogP contribution < -0.4 is 10.6 Å². The topological polar surface area (TPSA) is 163 Å². The van der Waals surface area contributed by atoms with E-state index in [0.29, 0.717) is 0 Å². The van der Waals surface area contributed by atoms with Crippen molar-refractivity contribution in [3.63, 3.8) is 0 Å². The molecule has 0 aliphatic heterocycles. The summed E-state index contributed by atoms with van der Waals surface area (Å²) in [5, 5.41) is 16.2. The summed E-state index contributed by atoms with van der Waals surface area (Å²) in [5.74, 6) is -1.98. The second-order valence-electron chi connectivity index (χ2n) is 6.10. The minimum absolute atomic E-state index is 0.00520. The van der Waals surface area contributed by atoms with Crippen LogP contribution in [0.15, 0.2) is 35.6 Å². The van der Waals surface area contributed by atoms with Crippen LogP contribution in [-0.4, -0.2) is 41.3 Å². The molecule has 0 saturated heterocycles. The van der Waals surface area contributed by atoms with Gasteiger partial charge >= 0.3 is 12.1 Å². The summed E-state index contributed by atoms with van der Waals surface area (Å²) in [6.07, 6.45) is -0.966. The summed E-state index contributed by atoms with van der Waals surface area (Å²) in [6.45, 7) is 2.45. The first-order chi connectivity index (χ1) is 12.7. The van der Waals surface area contributed by atoms with E-state index in [1.54, 1.807) is 24.3 Å². The fraction of sp³-hybridized carbons (Fsp3) is 0.438. The number of alkyl carbamates (subject to hydrolysis) is 1. The van der Waals surface area contributed by atoms with E-state index in [1.807, 2.05) is 6.07 Å². The Morgan fingerprint density at radius 3 is 2.56 bits per heavy atom. The molecule has 3 N–H and O–H groups in total. The average Bonchev–Trinajstić information content (AvgIpc) is 2.63. The number of ether oxygens (including phenoxy) is 1. The van der Waals surface area contributed by atoms with Crippen molar-refractivity contribution in [1.29, 1.82) is 0 Å². The van der Waals surface area contributed by atoms with Gasteiger partial charge in [-0.3, -0.25) is 9.59 Å². The quantitative estimate of drug-likeness (QED) is 0.243. The lowest BCUT2D eigenvalue weighted by Crippen LogP contribution is -2.51. The van der Waals surface area contributed by atoms with Gasteiger partial charge in [0, 0.05) is 11.3 Å². The minimum Gasteiger partial charge on any atom is -0.480 e. The first-order valence-corrected chi connectivity index (χ1v) is 7.93. The van der Waals surface area contributed by atoms with Crippen molar-refractivity contribution in [1.82, 2.24) is 10.6 Å². The largest absolute Gasteiger partial charge is 0.480 e. The summed E-state index contributed by atoms with van der Waals surface area (Å²) >= 11 is 0. The van der Waals surface area contributed by atoms with Crippen LogP contribution in [0.2, 0.25) is 0 Å². The molecule has 0 aliphatic rings. The minimum atomic E-state index is -1.24. The van der Waals surface area contributed by atoms with Crippen LogP contribution in [0.5, 0.6) is 0 Å². The van der Waals surface area contributed by atoms with E-state index in [4.69, 9.17) is 20.2 Å². The lowest BCUT2D eigenvalue weighted by molar-refractivity contribution is -0.138. The number of carboxylic acids is 1. The normalized spacial score (nSPS) is 11.5. The number of amides is 2. The predicted octanol–water partition coefficient (Wildman–Crippen LogP) is 1.89. The molecule has 0 fully saturated rings. The van der Waals surface area contributed by atoms with E-state index < -0.39 is 36.2 Å². The molecule has 0 saturated carbocycles. The molecule has 0 aromatic heterocycles. The Hall–Kier alpha value is -3.46. The van der Waals surface area contributed by atoms with Crippen molar-refractivity contribution in [2.45, 2.75) is 38.5 Å². The number of aliphatic carboxylic acids is 1. The molecule has 0 aliphatic carbocycles. The highest BCUT2D eigenvalue weighted by Gasteiger charge is 2.31. The maximum atomic E-state index is 12.2. The Morgan fingerprint density at radius 1 is 1.30 bits per heavy atom. The maximum absolute atomic E-state index is 12.2. The van der Waals surface area contributed by atoms with Crippen LogP contribution in [0.4, 0.5) is 4.79 Å². The van der Waals surface area contributed by atoms with Gasteiger partial charge in [-0.05, 0) is 24.9 Å². The van der Waals surface area contributed by atoms with Gasteiger partial charge in [-0.15, -0.1) is 0 Å². The van der Waals surface area contributed by atoms with Crippen molar-refractivity contribution >= 4 is 18.0 Å². The first-order valence-electron chi connectivity index (χ1n) is 7.93. The standard InChI is InChI=1S/C16H21N5O6/c1-16(2,27-21-20-17)8-12(14(24)18-9-13(22)23)19-15(25)26-10-11-6-4-3-5-7-11/h3-7,12H,8-10H2,1-2H3,(H,18,24)(H,19,25)(H,22,23)/t12-/m1/s1. The van der Waals surface area contributed by atoms with Gasteiger partial charge in [-0.2, -0.15) is 0 Å². The Labute approximate surface area is 155 Å². The summed E-state index contributed by atoms with van der Waals surface area (Å²) in [6, 6.07) is 7.75. The second kappa shape index (κ2) is 10.5. The molecular formula is C16H21N5O6. The fourth-order valence-corrected chi connectivity index (χ4v) is 2.06. The number of carbonyl (C=O) groups excluding carboxylic acids is 2. The number of hydrogen-bond donors (Lipinski definition) is 3. The van der Waals surface area contributed by atoms with Crippen LogP contribution in [0.1, 0.15) is 25.8 Å². The predicted molar refractivity (Wildman–Crippen MR) is 93.1 cm³/mol. The fourth-order valence-electron chi connectivity index (χ4n) is 2.06. The van der Waals surface area contributed by atoms with Gasteiger partial charge in [0.15, 0.2) is 0 Å². The number of nitrogens with zero attached hydrogens (tertiary/aromatic N) is 3. The first kappa shape index (κ1) is 21.6. The van der Waals surface area contributed by atoms with Crippen LogP contribution in [-0.2, 0) is 25.8 Å². The Kier molecular flexibility index (Phi) is 8.40. The molecule has 11 heteroatoms. The molecule has 1 aromatic carbocycles. The molecule has 0 bridgehead atoms. The third-order valence-corrected chi connectivity index (χ3v) is 3.26. The molecule has 146 valence electrons. The van der Waals surface area contributed by atoms with Gasteiger partial charge in [0.05, 0.1) is 0 Å². The molecule has 0 heterocycles. The van der Waals surface area contributed by atoms with Gasteiger partial charge in [0.25, 0.3) is 0 Å². The lowest BCUT2D eigenvalue weighted by Gasteiger charge is -2.27. The van der Waals surface area contributed by atoms with Gasteiger partial charge in [0.1, 0.15) is 30.1 Å². The number of hydrogen-bond acceptors (Lipinski definition) is 6. The van der Waals surface area contributed by atoms with Crippen molar-refractivity contribution in [2.75, 3.05) is 6.54 Å². The molecule has 27 heavy (non-hydrogen) atoms. The number of nitrogens with one attached hydrogen (secondary N) is 2. The van der Waals surface area contributed by atoms with Gasteiger partial charge in [-0.25, -0.2) is 4.79 Å². The van der Waals surface area contributed by atoms with E-state index in [2.05, 4.69) is 20.8 Å². The maximum Gasteiger partial charge on any atom is 0.408 e. The number of carbonyl (C=O) groups is 3. The molecule has 0 unspecified atom stereocenters. The molecule has 1 aromatic rings. The second-order valence-corrected chi connectivity index (χ2v) is 6.10. The summed E-state index contributed by atoms with van der Waals surface area (Å²) in [7, 11) is 0. The third-order valence-electron chi connectivity index (χ3n) is 3.26. The monoisotopic (exact) mass is 379 g/mol. The molecule has 2 amide bonds. The van der Waals surface area contributed by atoms with Crippen LogP contribution in [0, 0.1) is 0 Å². The number of rotatable bonds is 10. The molecule has 1 rings (SSSR count). The molecule has 0 spiro atoms. The highest BCUT2D eigenvalue weighted by Crippen LogP contribution is 2.18. The SMILES string of the molecule is CC(C)(C[C@@H](NC(=O)OCc1ccccc1)C(=O)NCC(=O)O)ON=[N+]=[N-]. The highest BCUT2D eigenvalue weighted by atomic mass is 16.7. The zero-order valence-corrected chi connectivity index (χ0v) is 14.9. The third kappa shape index (κ3) is 8.98. The number of benzene rings is 1. The Morgan fingerprint density at radius 2 is 1.96 bits per heavy atom. The van der Waals surface area contributed by atoms with Crippen LogP contribution >= 0.6 is 0 Å². The lowest BCUT2D eigenvalue weighted by atomic mass is 9.98. The smallest absolute Gasteiger partial charge is 0.408 e. The molecule has 0 radical (unpaired) electrons. The number of azide groups is 1. The van der Waals surface area contributed by atoms with Crippen molar-refractivity contribution < 1.29 is 29.1 Å². The van der Waals surface area contributed by atoms with Gasteiger partial charge < -0.3 is 25.3 Å². The number of carboxylic acid groups (broad SMARTS) is 1. The highest BCUT2D eigenvalue weighted by molar-refractivity contribution is 5.88. The van der Waals surface area contributed by atoms with Crippen molar-refractivity contribution in [3.05, 3.63) is 46.3 Å². The van der Waals surface area contributed by atoms with Crippen LogP contribution in [0.25, 0.3) is 10.4 Å². The van der Waals surface area contributed by atoms with Crippen LogP contribution in [0.3, 0.4) is 0 Å². The summed E-state index contributed by atoms with van der Waals surface area (Å²) in [5.41, 5.74) is 7.99. The van der Waals surface area contributed by atoms with E-state index in [0.717, 1.165) is 5.56 Å². The zero-order chi connectivity index (χ0) is 20.3. The van der Waals surface area contributed by atoms with E-state index in [9.17, 15) is 14.4 Å². The summed E-state index contributed by atoms with van der Waals surface area (Å²) in [4.78, 5) is 42.2. The summed E-state index contributed by atoms with van der Waals surface area (Å²) < 4.78 is 5.06. The molecule has 11 nitrogen and oxygen atoms in total. The van der Waals surface area contributed by atoms with Crippen molar-refractivity contribution in [2.24, 2.45) is 5.28 Å². The van der Waals surface area contributed by atoms with Crippen molar-refractivity contribution in [3.8, 4) is 0 Å². The van der Waals surface area contributed by atoms with Gasteiger partial charge in [0.2, 0.25) is 5.91 Å². The van der Waals surface area contributed by atoms with Gasteiger partial charge in [-0.1, -0.05) is 30.3 Å². The Bertz CT molecular complexity index is 703. The van der Waals surface area contributed by atoms with E-state index in [1.165, 1.54) is 13.8 Å². The van der Waals surface area contributed by atoms with E-state index >= 15 is 0 Å². The average molecular weight is 379 g/mol. The Balaban J connectivity index is 2.73. The molecular weight excluding hydrogens is 358 g/mol.